The van der Waals surface area contributed by atoms with Crippen molar-refractivity contribution in [3.8, 4) is 11.4 Å². The highest BCUT2D eigenvalue weighted by Gasteiger charge is 2.10. The third-order valence-corrected chi connectivity index (χ3v) is 3.02. The Morgan fingerprint density at radius 2 is 2.30 bits per heavy atom. The Labute approximate surface area is 121 Å². The molecule has 3 rings (SSSR count). The van der Waals surface area contributed by atoms with E-state index in [1.165, 1.54) is 10.9 Å². The third-order valence-electron chi connectivity index (χ3n) is 2.53. The van der Waals surface area contributed by atoms with Gasteiger partial charge >= 0.3 is 0 Å². The second-order valence-electron chi connectivity index (χ2n) is 3.98. The SMILES string of the molecule is O=Cc1cn(Cc2nc(-c3cccc(Br)c3)no2)nn1. The molecule has 0 saturated heterocycles. The molecule has 20 heavy (non-hydrogen) atoms. The van der Waals surface area contributed by atoms with Gasteiger partial charge in [-0.15, -0.1) is 5.10 Å². The summed E-state index contributed by atoms with van der Waals surface area (Å²) in [5.74, 6) is 0.888. The van der Waals surface area contributed by atoms with Gasteiger partial charge in [-0.1, -0.05) is 38.4 Å². The fourth-order valence-corrected chi connectivity index (χ4v) is 2.05. The molecule has 0 fully saturated rings. The average Bonchev–Trinajstić information content (AvgIpc) is 3.08. The van der Waals surface area contributed by atoms with Crippen LogP contribution in [0.5, 0.6) is 0 Å². The Morgan fingerprint density at radius 1 is 1.40 bits per heavy atom. The molecule has 0 saturated carbocycles. The summed E-state index contributed by atoms with van der Waals surface area (Å²) < 4.78 is 7.55. The lowest BCUT2D eigenvalue weighted by molar-refractivity contribution is 0.111. The number of carbonyl (C=O) groups is 1. The summed E-state index contributed by atoms with van der Waals surface area (Å²) in [6.07, 6.45) is 2.14. The van der Waals surface area contributed by atoms with Crippen LogP contribution >= 0.6 is 15.9 Å². The van der Waals surface area contributed by atoms with E-state index in [9.17, 15) is 4.79 Å². The van der Waals surface area contributed by atoms with Crippen molar-refractivity contribution in [1.29, 1.82) is 0 Å². The lowest BCUT2D eigenvalue weighted by Crippen LogP contribution is -2.00. The summed E-state index contributed by atoms with van der Waals surface area (Å²) in [7, 11) is 0. The van der Waals surface area contributed by atoms with Gasteiger partial charge < -0.3 is 4.52 Å². The smallest absolute Gasteiger partial charge is 0.248 e. The van der Waals surface area contributed by atoms with E-state index in [-0.39, 0.29) is 12.2 Å². The molecule has 100 valence electrons. The van der Waals surface area contributed by atoms with Crippen LogP contribution in [0.2, 0.25) is 0 Å². The van der Waals surface area contributed by atoms with Crippen molar-refractivity contribution in [3.05, 3.63) is 46.5 Å². The van der Waals surface area contributed by atoms with Gasteiger partial charge in [0.05, 0.1) is 6.20 Å². The van der Waals surface area contributed by atoms with Gasteiger partial charge in [0.1, 0.15) is 12.2 Å². The predicted octanol–water partition coefficient (Wildman–Crippen LogP) is 1.95. The summed E-state index contributed by atoms with van der Waals surface area (Å²) >= 11 is 3.39. The number of rotatable bonds is 4. The first-order valence-corrected chi connectivity index (χ1v) is 6.48. The molecule has 2 aromatic heterocycles. The van der Waals surface area contributed by atoms with E-state index in [0.29, 0.717) is 18.0 Å². The van der Waals surface area contributed by atoms with E-state index in [0.717, 1.165) is 10.0 Å². The first kappa shape index (κ1) is 12.7. The summed E-state index contributed by atoms with van der Waals surface area (Å²) in [5, 5.41) is 11.3. The maximum Gasteiger partial charge on any atom is 0.248 e. The van der Waals surface area contributed by atoms with Crippen LogP contribution in [0.1, 0.15) is 16.4 Å². The van der Waals surface area contributed by atoms with Crippen molar-refractivity contribution >= 4 is 22.2 Å². The first-order chi connectivity index (χ1) is 9.74. The molecule has 2 heterocycles. The highest BCUT2D eigenvalue weighted by atomic mass is 79.9. The van der Waals surface area contributed by atoms with Gasteiger partial charge in [-0.05, 0) is 12.1 Å². The van der Waals surface area contributed by atoms with Crippen molar-refractivity contribution < 1.29 is 9.32 Å². The summed E-state index contributed by atoms with van der Waals surface area (Å²) in [4.78, 5) is 14.8. The minimum absolute atomic E-state index is 0.261. The second kappa shape index (κ2) is 5.33. The molecule has 0 amide bonds. The number of halogens is 1. The van der Waals surface area contributed by atoms with E-state index >= 15 is 0 Å². The highest BCUT2D eigenvalue weighted by Crippen LogP contribution is 2.20. The summed E-state index contributed by atoms with van der Waals surface area (Å²) in [6.45, 7) is 0.266. The molecule has 1 aromatic carbocycles. The van der Waals surface area contributed by atoms with E-state index in [1.54, 1.807) is 0 Å². The van der Waals surface area contributed by atoms with E-state index in [4.69, 9.17) is 4.52 Å². The van der Waals surface area contributed by atoms with Crippen molar-refractivity contribution in [1.82, 2.24) is 25.1 Å². The zero-order chi connectivity index (χ0) is 13.9. The molecule has 8 heteroatoms. The molecule has 0 bridgehead atoms. The number of benzene rings is 1. The lowest BCUT2D eigenvalue weighted by atomic mass is 10.2. The van der Waals surface area contributed by atoms with Gasteiger partial charge in [-0.3, -0.25) is 4.79 Å². The van der Waals surface area contributed by atoms with Crippen molar-refractivity contribution in [2.75, 3.05) is 0 Å². The number of hydrogen-bond acceptors (Lipinski definition) is 6. The Kier molecular flexibility index (Phi) is 3.38. The molecular weight excluding hydrogens is 326 g/mol. The fraction of sp³-hybridized carbons (Fsp3) is 0.0833. The van der Waals surface area contributed by atoms with E-state index < -0.39 is 0 Å². The van der Waals surface area contributed by atoms with Crippen molar-refractivity contribution in [2.24, 2.45) is 0 Å². The molecular formula is C12H8BrN5O2. The Bertz CT molecular complexity index is 752. The molecule has 0 N–H and O–H groups in total. The van der Waals surface area contributed by atoms with Gasteiger partial charge in [-0.2, -0.15) is 4.98 Å². The van der Waals surface area contributed by atoms with Gasteiger partial charge in [-0.25, -0.2) is 4.68 Å². The normalized spacial score (nSPS) is 10.7. The zero-order valence-corrected chi connectivity index (χ0v) is 11.7. The maximum absolute atomic E-state index is 10.5. The number of aldehydes is 1. The molecule has 0 aliphatic rings. The monoisotopic (exact) mass is 333 g/mol. The summed E-state index contributed by atoms with van der Waals surface area (Å²) in [5.41, 5.74) is 1.11. The molecule has 0 spiro atoms. The topological polar surface area (TPSA) is 86.7 Å². The van der Waals surface area contributed by atoms with Crippen LogP contribution in [0.4, 0.5) is 0 Å². The minimum Gasteiger partial charge on any atom is -0.337 e. The van der Waals surface area contributed by atoms with Crippen LogP contribution in [-0.4, -0.2) is 31.4 Å². The number of carbonyl (C=O) groups excluding carboxylic acids is 1. The van der Waals surface area contributed by atoms with Gasteiger partial charge in [0, 0.05) is 10.0 Å². The van der Waals surface area contributed by atoms with Crippen LogP contribution in [0, 0.1) is 0 Å². The Balaban J connectivity index is 1.81. The van der Waals surface area contributed by atoms with Crippen LogP contribution in [0.3, 0.4) is 0 Å². The quantitative estimate of drug-likeness (QED) is 0.678. The van der Waals surface area contributed by atoms with E-state index in [2.05, 4.69) is 36.4 Å². The van der Waals surface area contributed by atoms with Crippen molar-refractivity contribution in [3.63, 3.8) is 0 Å². The van der Waals surface area contributed by atoms with Crippen molar-refractivity contribution in [2.45, 2.75) is 6.54 Å². The molecule has 7 nitrogen and oxygen atoms in total. The van der Waals surface area contributed by atoms with Crippen LogP contribution in [0.25, 0.3) is 11.4 Å². The lowest BCUT2D eigenvalue weighted by Gasteiger charge is -1.94. The molecule has 0 radical (unpaired) electrons. The largest absolute Gasteiger partial charge is 0.337 e. The maximum atomic E-state index is 10.5. The average molecular weight is 334 g/mol. The first-order valence-electron chi connectivity index (χ1n) is 5.68. The predicted molar refractivity (Wildman–Crippen MR) is 71.9 cm³/mol. The van der Waals surface area contributed by atoms with Crippen LogP contribution in [-0.2, 0) is 6.54 Å². The number of aromatic nitrogens is 5. The van der Waals surface area contributed by atoms with Gasteiger partial charge in [0.15, 0.2) is 6.29 Å². The summed E-state index contributed by atoms with van der Waals surface area (Å²) in [6, 6.07) is 7.60. The zero-order valence-electron chi connectivity index (χ0n) is 10.1. The highest BCUT2D eigenvalue weighted by molar-refractivity contribution is 9.10. The van der Waals surface area contributed by atoms with Gasteiger partial charge in [0.2, 0.25) is 11.7 Å². The Hall–Kier alpha value is -2.35. The number of hydrogen-bond donors (Lipinski definition) is 0. The second-order valence-corrected chi connectivity index (χ2v) is 4.90. The third kappa shape index (κ3) is 2.64. The van der Waals surface area contributed by atoms with Crippen LogP contribution in [0.15, 0.2) is 39.5 Å². The molecule has 0 aliphatic carbocycles. The molecule has 0 atom stereocenters. The molecule has 0 aliphatic heterocycles. The molecule has 0 unspecified atom stereocenters. The Morgan fingerprint density at radius 3 is 3.05 bits per heavy atom. The molecule has 3 aromatic rings. The number of nitrogens with zero attached hydrogens (tertiary/aromatic N) is 5. The van der Waals surface area contributed by atoms with Gasteiger partial charge in [0.25, 0.3) is 0 Å². The van der Waals surface area contributed by atoms with Crippen LogP contribution < -0.4 is 0 Å². The fourth-order valence-electron chi connectivity index (χ4n) is 1.65. The minimum atomic E-state index is 0.261. The standard InChI is InChI=1S/C12H8BrN5O2/c13-9-3-1-2-8(4-9)12-14-11(20-16-12)6-18-5-10(7-19)15-17-18/h1-5,7H,6H2. The van der Waals surface area contributed by atoms with E-state index in [1.807, 2.05) is 24.3 Å².